The van der Waals surface area contributed by atoms with Gasteiger partial charge in [0.05, 0.1) is 5.52 Å². The van der Waals surface area contributed by atoms with Gasteiger partial charge in [0.2, 0.25) is 0 Å². The topological polar surface area (TPSA) is 104 Å². The molecule has 1 aliphatic rings. The highest BCUT2D eigenvalue weighted by Crippen LogP contribution is 2.23. The first kappa shape index (κ1) is 12.9. The molecule has 112 valence electrons. The van der Waals surface area contributed by atoms with Crippen molar-refractivity contribution in [2.75, 3.05) is 5.32 Å². The van der Waals surface area contributed by atoms with Gasteiger partial charge in [-0.3, -0.25) is 14.9 Å². The van der Waals surface area contributed by atoms with Crippen molar-refractivity contribution in [3.05, 3.63) is 45.7 Å². The van der Waals surface area contributed by atoms with Crippen LogP contribution in [0.1, 0.15) is 34.6 Å². The molecule has 0 radical (unpaired) electrons. The molecule has 0 aliphatic heterocycles. The smallest absolute Gasteiger partial charge is 0.408 e. The molecule has 2 heterocycles. The number of hydrogen-bond acceptors (Lipinski definition) is 4. The first-order valence-electron chi connectivity index (χ1n) is 7.21. The van der Waals surface area contributed by atoms with Crippen molar-refractivity contribution in [1.82, 2.24) is 15.2 Å². The minimum absolute atomic E-state index is 0.246. The maximum absolute atomic E-state index is 12.4. The van der Waals surface area contributed by atoms with E-state index in [4.69, 9.17) is 4.42 Å². The third-order valence-electron chi connectivity index (χ3n) is 3.95. The van der Waals surface area contributed by atoms with Crippen molar-refractivity contribution in [2.24, 2.45) is 0 Å². The van der Waals surface area contributed by atoms with Crippen LogP contribution in [0.3, 0.4) is 0 Å². The minimum Gasteiger partial charge on any atom is -0.408 e. The fourth-order valence-electron chi connectivity index (χ4n) is 2.89. The van der Waals surface area contributed by atoms with Gasteiger partial charge in [-0.25, -0.2) is 4.79 Å². The molecule has 0 bridgehead atoms. The number of nitrogens with one attached hydrogen (secondary N) is 3. The molecule has 7 heteroatoms. The Hall–Kier alpha value is -2.83. The van der Waals surface area contributed by atoms with Crippen LogP contribution >= 0.6 is 0 Å². The normalized spacial score (nSPS) is 14.0. The lowest BCUT2D eigenvalue weighted by atomic mass is 9.96. The van der Waals surface area contributed by atoms with Gasteiger partial charge >= 0.3 is 5.76 Å². The van der Waals surface area contributed by atoms with E-state index in [-0.39, 0.29) is 5.91 Å². The highest BCUT2D eigenvalue weighted by atomic mass is 16.4. The molecule has 0 unspecified atom stereocenters. The van der Waals surface area contributed by atoms with Crippen LogP contribution in [0, 0.1) is 0 Å². The highest BCUT2D eigenvalue weighted by Gasteiger charge is 2.21. The van der Waals surface area contributed by atoms with Crippen molar-refractivity contribution >= 4 is 22.7 Å². The van der Waals surface area contributed by atoms with E-state index in [1.54, 1.807) is 18.2 Å². The molecule has 22 heavy (non-hydrogen) atoms. The lowest BCUT2D eigenvalue weighted by Crippen LogP contribution is -2.15. The third kappa shape index (κ3) is 2.11. The van der Waals surface area contributed by atoms with E-state index in [0.717, 1.165) is 36.9 Å². The number of rotatable bonds is 2. The van der Waals surface area contributed by atoms with E-state index >= 15 is 0 Å². The molecular weight excluding hydrogens is 284 g/mol. The number of H-pyrrole nitrogens is 2. The maximum Gasteiger partial charge on any atom is 0.417 e. The van der Waals surface area contributed by atoms with Gasteiger partial charge in [0, 0.05) is 16.9 Å². The minimum atomic E-state index is -0.514. The number of carbonyl (C=O) groups excluding carboxylic acids is 1. The summed E-state index contributed by atoms with van der Waals surface area (Å²) in [6, 6.07) is 5.00. The average Bonchev–Trinajstić information content (AvgIpc) is 3.09. The summed E-state index contributed by atoms with van der Waals surface area (Å²) >= 11 is 0. The Labute approximate surface area is 124 Å². The van der Waals surface area contributed by atoms with Crippen molar-refractivity contribution in [2.45, 2.75) is 25.7 Å². The Bertz CT molecular complexity index is 918. The lowest BCUT2D eigenvalue weighted by Gasteiger charge is -2.11. The first-order valence-corrected chi connectivity index (χ1v) is 7.21. The molecule has 0 saturated heterocycles. The number of hydrogen-bond donors (Lipinski definition) is 3. The average molecular weight is 298 g/mol. The number of aromatic amines is 2. The van der Waals surface area contributed by atoms with Gasteiger partial charge in [-0.2, -0.15) is 5.10 Å². The number of aryl methyl sites for hydroxylation is 1. The number of nitrogens with zero attached hydrogens (tertiary/aromatic N) is 1. The van der Waals surface area contributed by atoms with Crippen LogP contribution < -0.4 is 11.1 Å². The predicted octanol–water partition coefficient (Wildman–Crippen LogP) is 1.98. The summed E-state index contributed by atoms with van der Waals surface area (Å²) in [5.74, 6) is -0.760. The second-order valence-electron chi connectivity index (χ2n) is 5.42. The molecular formula is C15H14N4O3. The van der Waals surface area contributed by atoms with Crippen molar-refractivity contribution in [3.63, 3.8) is 0 Å². The van der Waals surface area contributed by atoms with Crippen LogP contribution in [-0.4, -0.2) is 21.1 Å². The number of fused-ring (bicyclic) bond motifs is 2. The van der Waals surface area contributed by atoms with Crippen LogP contribution in [0.15, 0.2) is 27.4 Å². The van der Waals surface area contributed by atoms with E-state index < -0.39 is 5.76 Å². The summed E-state index contributed by atoms with van der Waals surface area (Å²) in [6.07, 6.45) is 4.02. The van der Waals surface area contributed by atoms with E-state index in [1.165, 1.54) is 0 Å². The standard InChI is InChI=1S/C15H14N4O3/c20-14(13-9-3-1-2-4-10(9)18-19-13)16-8-5-6-12-11(7-8)17-15(21)22-12/h5-7H,1-4H2,(H,16,20)(H,17,21)(H,18,19). The van der Waals surface area contributed by atoms with Crippen LogP contribution in [0.4, 0.5) is 5.69 Å². The summed E-state index contributed by atoms with van der Waals surface area (Å²) in [7, 11) is 0. The van der Waals surface area contributed by atoms with E-state index in [2.05, 4.69) is 20.5 Å². The summed E-state index contributed by atoms with van der Waals surface area (Å²) in [4.78, 5) is 26.1. The molecule has 7 nitrogen and oxygen atoms in total. The Morgan fingerprint density at radius 2 is 2.14 bits per heavy atom. The molecule has 0 saturated carbocycles. The third-order valence-corrected chi connectivity index (χ3v) is 3.95. The SMILES string of the molecule is O=C(Nc1ccc2oc(=O)[nH]c2c1)c1n[nH]c2c1CCCC2. The van der Waals surface area contributed by atoms with Crippen LogP contribution in [-0.2, 0) is 12.8 Å². The van der Waals surface area contributed by atoms with Gasteiger partial charge in [0.1, 0.15) is 0 Å². The fourth-order valence-corrected chi connectivity index (χ4v) is 2.89. The molecule has 0 fully saturated rings. The summed E-state index contributed by atoms with van der Waals surface area (Å²) in [5.41, 5.74) is 4.12. The highest BCUT2D eigenvalue weighted by molar-refractivity contribution is 6.04. The fraction of sp³-hybridized carbons (Fsp3) is 0.267. The Morgan fingerprint density at radius 3 is 3.05 bits per heavy atom. The van der Waals surface area contributed by atoms with E-state index in [9.17, 15) is 9.59 Å². The van der Waals surface area contributed by atoms with E-state index in [0.29, 0.717) is 22.5 Å². The van der Waals surface area contributed by atoms with Gasteiger partial charge < -0.3 is 9.73 Å². The summed E-state index contributed by atoms with van der Waals surface area (Å²) in [5, 5.41) is 9.91. The van der Waals surface area contributed by atoms with E-state index in [1.807, 2.05) is 0 Å². The summed E-state index contributed by atoms with van der Waals surface area (Å²) in [6.45, 7) is 0. The van der Waals surface area contributed by atoms with Gasteiger partial charge in [0.25, 0.3) is 5.91 Å². The second-order valence-corrected chi connectivity index (χ2v) is 5.42. The number of oxazole rings is 1. The Balaban J connectivity index is 1.62. The van der Waals surface area contributed by atoms with Crippen LogP contribution in [0.25, 0.3) is 11.1 Å². The Morgan fingerprint density at radius 1 is 1.27 bits per heavy atom. The lowest BCUT2D eigenvalue weighted by molar-refractivity contribution is 0.102. The Kier molecular flexibility index (Phi) is 2.85. The molecule has 0 spiro atoms. The van der Waals surface area contributed by atoms with Crippen LogP contribution in [0.2, 0.25) is 0 Å². The zero-order chi connectivity index (χ0) is 15.1. The number of benzene rings is 1. The molecule has 2 aromatic heterocycles. The summed E-state index contributed by atoms with van der Waals surface area (Å²) < 4.78 is 4.93. The van der Waals surface area contributed by atoms with Crippen molar-refractivity contribution in [3.8, 4) is 0 Å². The van der Waals surface area contributed by atoms with Gasteiger partial charge in [-0.1, -0.05) is 0 Å². The monoisotopic (exact) mass is 298 g/mol. The zero-order valence-electron chi connectivity index (χ0n) is 11.7. The van der Waals surface area contributed by atoms with Gasteiger partial charge in [0.15, 0.2) is 11.3 Å². The molecule has 3 N–H and O–H groups in total. The van der Waals surface area contributed by atoms with Gasteiger partial charge in [-0.15, -0.1) is 0 Å². The van der Waals surface area contributed by atoms with Gasteiger partial charge in [-0.05, 0) is 43.9 Å². The largest absolute Gasteiger partial charge is 0.417 e. The first-order chi connectivity index (χ1) is 10.7. The zero-order valence-corrected chi connectivity index (χ0v) is 11.7. The van der Waals surface area contributed by atoms with Crippen LogP contribution in [0.5, 0.6) is 0 Å². The molecule has 1 amide bonds. The number of aromatic nitrogens is 3. The predicted molar refractivity (Wildman–Crippen MR) is 80.0 cm³/mol. The number of anilines is 1. The molecule has 0 atom stereocenters. The molecule has 4 rings (SSSR count). The maximum atomic E-state index is 12.4. The number of amides is 1. The second kappa shape index (κ2) is 4.87. The molecule has 1 aromatic carbocycles. The van der Waals surface area contributed by atoms with Crippen molar-refractivity contribution < 1.29 is 9.21 Å². The quantitative estimate of drug-likeness (QED) is 0.673. The number of carbonyl (C=O) groups is 1. The molecule has 1 aliphatic carbocycles. The molecule has 3 aromatic rings. The van der Waals surface area contributed by atoms with Crippen molar-refractivity contribution in [1.29, 1.82) is 0 Å².